The van der Waals surface area contributed by atoms with Crippen molar-refractivity contribution in [2.75, 3.05) is 0 Å². The van der Waals surface area contributed by atoms with Gasteiger partial charge in [-0.3, -0.25) is 4.79 Å². The van der Waals surface area contributed by atoms with E-state index in [0.29, 0.717) is 6.26 Å². The number of benzene rings is 1. The molecular formula is C11H8O4S. The van der Waals surface area contributed by atoms with Crippen LogP contribution < -0.4 is 0 Å². The number of ketones is 1. The predicted molar refractivity (Wildman–Crippen MR) is 57.8 cm³/mol. The molecule has 0 unspecified atom stereocenters. The minimum atomic E-state index is -3.72. The van der Waals surface area contributed by atoms with Crippen LogP contribution in [0.3, 0.4) is 0 Å². The average molecular weight is 236 g/mol. The Labute approximate surface area is 92.5 Å². The molecule has 0 atom stereocenters. The highest BCUT2D eigenvalue weighted by Gasteiger charge is 2.38. The number of hydrogen-bond donors (Lipinski definition) is 1. The summed E-state index contributed by atoms with van der Waals surface area (Å²) in [6.45, 7) is 0. The quantitative estimate of drug-likeness (QED) is 0.594. The van der Waals surface area contributed by atoms with Crippen LogP contribution in [0.2, 0.25) is 0 Å². The molecule has 0 radical (unpaired) electrons. The highest BCUT2D eigenvalue weighted by Crippen LogP contribution is 2.33. The van der Waals surface area contributed by atoms with Crippen molar-refractivity contribution in [1.82, 2.24) is 0 Å². The summed E-state index contributed by atoms with van der Waals surface area (Å²) < 4.78 is 23.8. The van der Waals surface area contributed by atoms with Crippen LogP contribution in [0, 0.1) is 0 Å². The molecule has 0 saturated heterocycles. The maximum Gasteiger partial charge on any atom is 0.211 e. The molecule has 1 N–H and O–H groups in total. The number of carbonyl (C=O) groups is 1. The Kier molecular flexibility index (Phi) is 2.40. The largest absolute Gasteiger partial charge is 0.516 e. The Morgan fingerprint density at radius 1 is 1.19 bits per heavy atom. The Bertz CT molecular complexity index is 609. The van der Waals surface area contributed by atoms with Crippen molar-refractivity contribution in [2.24, 2.45) is 0 Å². The lowest BCUT2D eigenvalue weighted by atomic mass is 10.1. The van der Waals surface area contributed by atoms with Crippen LogP contribution in [0.4, 0.5) is 0 Å². The van der Waals surface area contributed by atoms with Crippen molar-refractivity contribution < 1.29 is 18.3 Å². The molecule has 1 aromatic rings. The number of aliphatic hydroxyl groups is 1. The third-order valence-corrected chi connectivity index (χ3v) is 4.10. The van der Waals surface area contributed by atoms with Gasteiger partial charge in [0.05, 0.1) is 11.2 Å². The Balaban J connectivity index is 2.72. The first kappa shape index (κ1) is 10.6. The van der Waals surface area contributed by atoms with E-state index >= 15 is 0 Å². The molecule has 1 aromatic carbocycles. The number of rotatable bonds is 1. The summed E-state index contributed by atoms with van der Waals surface area (Å²) in [5.74, 6) is -0.534. The van der Waals surface area contributed by atoms with E-state index in [2.05, 4.69) is 0 Å². The van der Waals surface area contributed by atoms with E-state index in [1.165, 1.54) is 12.1 Å². The van der Waals surface area contributed by atoms with E-state index < -0.39 is 15.6 Å². The van der Waals surface area contributed by atoms with Gasteiger partial charge in [-0.05, 0) is 24.3 Å². The second-order valence-electron chi connectivity index (χ2n) is 3.20. The highest BCUT2D eigenvalue weighted by molar-refractivity contribution is 7.97. The molecule has 0 aliphatic carbocycles. The van der Waals surface area contributed by atoms with Gasteiger partial charge in [0.2, 0.25) is 15.6 Å². The van der Waals surface area contributed by atoms with Gasteiger partial charge in [-0.1, -0.05) is 12.1 Å². The first-order valence-corrected chi connectivity index (χ1v) is 5.97. The first-order valence-electron chi connectivity index (χ1n) is 4.49. The molecule has 2 rings (SSSR count). The maximum absolute atomic E-state index is 11.9. The standard InChI is InChI=1S/C11H8O4S/c12-7-3-6-10-11(13)8-4-1-2-5-9(8)16(10,14)15/h1-7,12H. The number of sulfone groups is 1. The normalized spacial score (nSPS) is 20.5. The van der Waals surface area contributed by atoms with Gasteiger partial charge in [0.25, 0.3) is 0 Å². The van der Waals surface area contributed by atoms with Crippen LogP contribution in [-0.4, -0.2) is 19.3 Å². The second-order valence-corrected chi connectivity index (χ2v) is 5.09. The number of carbonyl (C=O) groups excluding carboxylic acids is 1. The molecule has 0 amide bonds. The second kappa shape index (κ2) is 3.61. The molecule has 0 fully saturated rings. The number of hydrogen-bond acceptors (Lipinski definition) is 4. The van der Waals surface area contributed by atoms with Crippen molar-refractivity contribution in [2.45, 2.75) is 4.90 Å². The average Bonchev–Trinajstić information content (AvgIpc) is 2.46. The molecule has 0 bridgehead atoms. The third kappa shape index (κ3) is 1.37. The summed E-state index contributed by atoms with van der Waals surface area (Å²) in [6.07, 6.45) is 2.88. The summed E-state index contributed by atoms with van der Waals surface area (Å²) in [5, 5.41) is 8.47. The first-order chi connectivity index (χ1) is 7.59. The summed E-state index contributed by atoms with van der Waals surface area (Å²) in [4.78, 5) is 11.5. The smallest absolute Gasteiger partial charge is 0.211 e. The molecule has 1 aliphatic heterocycles. The van der Waals surface area contributed by atoms with Gasteiger partial charge in [-0.2, -0.15) is 0 Å². The Hall–Kier alpha value is -1.88. The van der Waals surface area contributed by atoms with E-state index in [1.54, 1.807) is 12.1 Å². The molecular weight excluding hydrogens is 228 g/mol. The van der Waals surface area contributed by atoms with E-state index in [9.17, 15) is 13.2 Å². The monoisotopic (exact) mass is 236 g/mol. The fourth-order valence-corrected chi connectivity index (χ4v) is 3.11. The minimum absolute atomic E-state index is 0.0255. The van der Waals surface area contributed by atoms with E-state index in [-0.39, 0.29) is 15.4 Å². The molecule has 16 heavy (non-hydrogen) atoms. The highest BCUT2D eigenvalue weighted by atomic mass is 32.2. The SMILES string of the molecule is O=C1C(=CC=CO)S(=O)(=O)c2ccccc21. The molecule has 0 aromatic heterocycles. The van der Waals surface area contributed by atoms with Crippen molar-refractivity contribution in [3.63, 3.8) is 0 Å². The van der Waals surface area contributed by atoms with Crippen molar-refractivity contribution in [1.29, 1.82) is 0 Å². The van der Waals surface area contributed by atoms with Gasteiger partial charge in [0.15, 0.2) is 0 Å². The van der Waals surface area contributed by atoms with Crippen LogP contribution >= 0.6 is 0 Å². The number of allylic oxidation sites excluding steroid dienone is 3. The van der Waals surface area contributed by atoms with Crippen molar-refractivity contribution >= 4 is 15.6 Å². The maximum atomic E-state index is 11.9. The molecule has 1 aliphatic rings. The van der Waals surface area contributed by atoms with E-state index in [4.69, 9.17) is 5.11 Å². The minimum Gasteiger partial charge on any atom is -0.516 e. The zero-order chi connectivity index (χ0) is 11.8. The van der Waals surface area contributed by atoms with Crippen molar-refractivity contribution in [3.8, 4) is 0 Å². The zero-order valence-electron chi connectivity index (χ0n) is 8.12. The fraction of sp³-hybridized carbons (Fsp3) is 0. The number of Topliss-reactive ketones (excluding diaryl/α,β-unsaturated/α-hetero) is 1. The van der Waals surface area contributed by atoms with Crippen LogP contribution in [0.15, 0.2) is 52.5 Å². The topological polar surface area (TPSA) is 71.4 Å². The van der Waals surface area contributed by atoms with Crippen LogP contribution in [-0.2, 0) is 9.84 Å². The fourth-order valence-electron chi connectivity index (χ4n) is 1.56. The van der Waals surface area contributed by atoms with Gasteiger partial charge < -0.3 is 5.11 Å². The third-order valence-electron chi connectivity index (χ3n) is 2.27. The number of fused-ring (bicyclic) bond motifs is 1. The van der Waals surface area contributed by atoms with E-state index in [1.807, 2.05) is 0 Å². The predicted octanol–water partition coefficient (Wildman–Crippen LogP) is 1.61. The van der Waals surface area contributed by atoms with Crippen molar-refractivity contribution in [3.05, 3.63) is 53.1 Å². The summed E-state index contributed by atoms with van der Waals surface area (Å²) in [7, 11) is -3.72. The molecule has 4 nitrogen and oxygen atoms in total. The van der Waals surface area contributed by atoms with Crippen LogP contribution in [0.1, 0.15) is 10.4 Å². The van der Waals surface area contributed by atoms with Gasteiger partial charge in [-0.25, -0.2) is 8.42 Å². The summed E-state index contributed by atoms with van der Waals surface area (Å²) in [5.41, 5.74) is 0.181. The lowest BCUT2D eigenvalue weighted by Crippen LogP contribution is -2.01. The molecule has 82 valence electrons. The summed E-state index contributed by atoms with van der Waals surface area (Å²) >= 11 is 0. The molecule has 1 heterocycles. The van der Waals surface area contributed by atoms with Gasteiger partial charge >= 0.3 is 0 Å². The van der Waals surface area contributed by atoms with Gasteiger partial charge in [0.1, 0.15) is 4.91 Å². The van der Waals surface area contributed by atoms with Gasteiger partial charge in [0, 0.05) is 5.56 Å². The number of aliphatic hydroxyl groups excluding tert-OH is 1. The molecule has 0 spiro atoms. The molecule has 5 heteroatoms. The van der Waals surface area contributed by atoms with E-state index in [0.717, 1.165) is 12.2 Å². The van der Waals surface area contributed by atoms with Gasteiger partial charge in [-0.15, -0.1) is 0 Å². The lowest BCUT2D eigenvalue weighted by molar-refractivity contribution is 0.104. The lowest BCUT2D eigenvalue weighted by Gasteiger charge is -1.94. The zero-order valence-corrected chi connectivity index (χ0v) is 8.94. The van der Waals surface area contributed by atoms with Crippen LogP contribution in [0.25, 0.3) is 0 Å². The van der Waals surface area contributed by atoms with Crippen LogP contribution in [0.5, 0.6) is 0 Å². The molecule has 0 saturated carbocycles. The summed E-state index contributed by atoms with van der Waals surface area (Å²) in [6, 6.07) is 6.04. The Morgan fingerprint density at radius 3 is 2.50 bits per heavy atom. The Morgan fingerprint density at radius 2 is 1.88 bits per heavy atom.